The van der Waals surface area contributed by atoms with Gasteiger partial charge in [0.15, 0.2) is 0 Å². The fourth-order valence-electron chi connectivity index (χ4n) is 2.36. The molecular formula is C15H11ClF3N2O7P. The topological polar surface area (TPSA) is 153 Å². The minimum atomic E-state index is -4.80. The summed E-state index contributed by atoms with van der Waals surface area (Å²) in [5, 5.41) is 10.8. The molecule has 0 aliphatic heterocycles. The molecule has 9 nitrogen and oxygen atoms in total. The lowest BCUT2D eigenvalue weighted by molar-refractivity contribution is -0.385. The monoisotopic (exact) mass is 454 g/mol. The van der Waals surface area contributed by atoms with Crippen LogP contribution in [0.3, 0.4) is 0 Å². The van der Waals surface area contributed by atoms with Gasteiger partial charge in [-0.15, -0.1) is 0 Å². The van der Waals surface area contributed by atoms with Gasteiger partial charge in [0.05, 0.1) is 21.7 Å². The number of carbonyl (C=O) groups is 1. The number of primary amides is 1. The maximum Gasteiger partial charge on any atom is 0.416 e. The van der Waals surface area contributed by atoms with Crippen LogP contribution in [-0.4, -0.2) is 20.6 Å². The SMILES string of the molecule is NC(=O)c1cc(Oc2ccc(C(F)(F)F)cc2Cl)cc(CP(=O)(O)O)c1[N+](=O)[O-]. The normalized spacial score (nSPS) is 11.9. The van der Waals surface area contributed by atoms with E-state index >= 15 is 0 Å². The number of alkyl halides is 3. The Bertz CT molecular complexity index is 1040. The van der Waals surface area contributed by atoms with E-state index < -0.39 is 58.2 Å². The second-order valence-electron chi connectivity index (χ2n) is 5.67. The van der Waals surface area contributed by atoms with Crippen LogP contribution in [0.25, 0.3) is 0 Å². The van der Waals surface area contributed by atoms with Crippen LogP contribution < -0.4 is 10.5 Å². The number of nitrogens with two attached hydrogens (primary N) is 1. The van der Waals surface area contributed by atoms with E-state index in [4.69, 9.17) is 31.9 Å². The van der Waals surface area contributed by atoms with Crippen molar-refractivity contribution in [2.24, 2.45) is 5.73 Å². The maximum atomic E-state index is 12.7. The molecule has 0 saturated carbocycles. The van der Waals surface area contributed by atoms with Crippen LogP contribution in [0.2, 0.25) is 5.02 Å². The van der Waals surface area contributed by atoms with Crippen LogP contribution in [0.5, 0.6) is 11.5 Å². The number of nitro groups is 1. The van der Waals surface area contributed by atoms with E-state index in [0.29, 0.717) is 12.1 Å². The highest BCUT2D eigenvalue weighted by Gasteiger charge is 2.32. The van der Waals surface area contributed by atoms with E-state index in [1.165, 1.54) is 0 Å². The lowest BCUT2D eigenvalue weighted by Crippen LogP contribution is -2.15. The number of rotatable bonds is 6. The van der Waals surface area contributed by atoms with Crippen molar-refractivity contribution in [2.45, 2.75) is 12.3 Å². The minimum absolute atomic E-state index is 0.300. The number of amides is 1. The summed E-state index contributed by atoms with van der Waals surface area (Å²) in [6.45, 7) is 0. The molecular weight excluding hydrogens is 444 g/mol. The van der Waals surface area contributed by atoms with Gasteiger partial charge in [-0.1, -0.05) is 11.6 Å². The van der Waals surface area contributed by atoms with Gasteiger partial charge in [0.2, 0.25) is 0 Å². The Labute approximate surface area is 165 Å². The molecule has 0 saturated heterocycles. The summed E-state index contributed by atoms with van der Waals surface area (Å²) in [5.74, 6) is -1.94. The first-order valence-electron chi connectivity index (χ1n) is 7.39. The van der Waals surface area contributed by atoms with Gasteiger partial charge >= 0.3 is 13.8 Å². The first-order valence-corrected chi connectivity index (χ1v) is 9.57. The van der Waals surface area contributed by atoms with Crippen LogP contribution in [0, 0.1) is 10.1 Å². The van der Waals surface area contributed by atoms with E-state index in [2.05, 4.69) is 0 Å². The van der Waals surface area contributed by atoms with Crippen molar-refractivity contribution in [3.63, 3.8) is 0 Å². The van der Waals surface area contributed by atoms with Gasteiger partial charge in [-0.2, -0.15) is 13.2 Å². The van der Waals surface area contributed by atoms with Gasteiger partial charge in [-0.25, -0.2) is 0 Å². The van der Waals surface area contributed by atoms with Gasteiger partial charge in [0.25, 0.3) is 11.6 Å². The highest BCUT2D eigenvalue weighted by Crippen LogP contribution is 2.44. The van der Waals surface area contributed by atoms with E-state index in [1.54, 1.807) is 0 Å². The van der Waals surface area contributed by atoms with Crippen molar-refractivity contribution in [3.8, 4) is 11.5 Å². The number of hydrogen-bond donors (Lipinski definition) is 3. The summed E-state index contributed by atoms with van der Waals surface area (Å²) >= 11 is 5.77. The van der Waals surface area contributed by atoms with E-state index in [1.807, 2.05) is 0 Å². The molecule has 1 amide bonds. The Hall–Kier alpha value is -2.66. The van der Waals surface area contributed by atoms with Crippen molar-refractivity contribution in [3.05, 3.63) is 62.2 Å². The average Bonchev–Trinajstić information content (AvgIpc) is 2.53. The average molecular weight is 455 g/mol. The van der Waals surface area contributed by atoms with Gasteiger partial charge in [0, 0.05) is 11.6 Å². The molecule has 156 valence electrons. The van der Waals surface area contributed by atoms with Gasteiger partial charge in [-0.3, -0.25) is 19.5 Å². The summed E-state index contributed by atoms with van der Waals surface area (Å²) in [4.78, 5) is 40.1. The number of nitro benzene ring substituents is 1. The predicted molar refractivity (Wildman–Crippen MR) is 93.9 cm³/mol. The van der Waals surface area contributed by atoms with Gasteiger partial charge in [-0.05, 0) is 24.3 Å². The maximum absolute atomic E-state index is 12.7. The van der Waals surface area contributed by atoms with E-state index in [0.717, 1.165) is 18.2 Å². The van der Waals surface area contributed by atoms with Crippen molar-refractivity contribution in [1.82, 2.24) is 0 Å². The van der Waals surface area contributed by atoms with Crippen LogP contribution in [0.4, 0.5) is 18.9 Å². The largest absolute Gasteiger partial charge is 0.456 e. The number of halogens is 4. The lowest BCUT2D eigenvalue weighted by atomic mass is 10.1. The molecule has 0 spiro atoms. The number of benzene rings is 2. The molecule has 2 aromatic rings. The molecule has 4 N–H and O–H groups in total. The van der Waals surface area contributed by atoms with E-state index in [9.17, 15) is 32.6 Å². The number of hydrogen-bond acceptors (Lipinski definition) is 5. The molecule has 0 heterocycles. The highest BCUT2D eigenvalue weighted by atomic mass is 35.5. The standard InChI is InChI=1S/C15H11ClF3N2O7P/c16-11-4-8(15(17,18)19)1-2-12(11)28-9-3-7(6-29(25,26)27)13(21(23)24)10(5-9)14(20)22/h1-5H,6H2,(H2,20,22)(H2,25,26,27). The zero-order chi connectivity index (χ0) is 22.1. The quantitative estimate of drug-likeness (QED) is 0.340. The molecule has 0 unspecified atom stereocenters. The minimum Gasteiger partial charge on any atom is -0.456 e. The summed E-state index contributed by atoms with van der Waals surface area (Å²) < 4.78 is 54.7. The predicted octanol–water partition coefficient (Wildman–Crippen LogP) is 3.84. The van der Waals surface area contributed by atoms with Gasteiger partial charge < -0.3 is 20.3 Å². The second-order valence-corrected chi connectivity index (χ2v) is 7.72. The third-order valence-corrected chi connectivity index (χ3v) is 4.52. The molecule has 0 fully saturated rings. The third-order valence-electron chi connectivity index (χ3n) is 3.47. The second kappa shape index (κ2) is 7.99. The fraction of sp³-hybridized carbons (Fsp3) is 0.133. The molecule has 0 radical (unpaired) electrons. The molecule has 0 aliphatic carbocycles. The summed E-state index contributed by atoms with van der Waals surface area (Å²) in [6.07, 6.45) is -5.77. The fourth-order valence-corrected chi connectivity index (χ4v) is 3.26. The summed E-state index contributed by atoms with van der Waals surface area (Å²) in [7, 11) is -4.80. The molecule has 2 rings (SSSR count). The Morgan fingerprint density at radius 1 is 1.28 bits per heavy atom. The molecule has 0 aromatic heterocycles. The molecule has 0 atom stereocenters. The van der Waals surface area contributed by atoms with Crippen molar-refractivity contribution >= 4 is 30.8 Å². The summed E-state index contributed by atoms with van der Waals surface area (Å²) in [5.41, 5.74) is 1.85. The zero-order valence-electron chi connectivity index (χ0n) is 14.0. The van der Waals surface area contributed by atoms with Crippen LogP contribution in [0.15, 0.2) is 30.3 Å². The molecule has 2 aromatic carbocycles. The first-order chi connectivity index (χ1) is 13.2. The van der Waals surface area contributed by atoms with Crippen LogP contribution in [-0.2, 0) is 16.9 Å². The van der Waals surface area contributed by atoms with E-state index in [-0.39, 0.29) is 11.5 Å². The summed E-state index contributed by atoms with van der Waals surface area (Å²) in [6, 6.07) is 3.79. The zero-order valence-corrected chi connectivity index (χ0v) is 15.7. The number of carbonyl (C=O) groups excluding carboxylic acids is 1. The van der Waals surface area contributed by atoms with Crippen LogP contribution >= 0.6 is 19.2 Å². The Morgan fingerprint density at radius 2 is 1.90 bits per heavy atom. The molecule has 0 bridgehead atoms. The number of nitrogens with zero attached hydrogens (tertiary/aromatic N) is 1. The molecule has 0 aliphatic rings. The Morgan fingerprint density at radius 3 is 2.34 bits per heavy atom. The Balaban J connectivity index is 2.57. The van der Waals surface area contributed by atoms with Crippen molar-refractivity contribution < 1.29 is 42.0 Å². The lowest BCUT2D eigenvalue weighted by Gasteiger charge is -2.14. The number of ether oxygens (including phenoxy) is 1. The van der Waals surface area contributed by atoms with Crippen molar-refractivity contribution in [1.29, 1.82) is 0 Å². The third kappa shape index (κ3) is 5.67. The first kappa shape index (κ1) is 22.6. The van der Waals surface area contributed by atoms with Gasteiger partial charge in [0.1, 0.15) is 17.1 Å². The Kier molecular flexibility index (Phi) is 6.24. The van der Waals surface area contributed by atoms with Crippen molar-refractivity contribution in [2.75, 3.05) is 0 Å². The smallest absolute Gasteiger partial charge is 0.416 e. The van der Waals surface area contributed by atoms with Crippen LogP contribution in [0.1, 0.15) is 21.5 Å². The highest BCUT2D eigenvalue weighted by molar-refractivity contribution is 7.50. The molecule has 14 heteroatoms. The molecule has 29 heavy (non-hydrogen) atoms.